The van der Waals surface area contributed by atoms with Crippen LogP contribution in [0.4, 0.5) is 10.1 Å². The third-order valence-corrected chi connectivity index (χ3v) is 3.20. The van der Waals surface area contributed by atoms with Gasteiger partial charge in [0.15, 0.2) is 5.78 Å². The van der Waals surface area contributed by atoms with Crippen molar-refractivity contribution in [3.63, 3.8) is 0 Å². The fraction of sp³-hybridized carbons (Fsp3) is 0.188. The van der Waals surface area contributed by atoms with Crippen molar-refractivity contribution in [2.45, 2.75) is 20.4 Å². The summed E-state index contributed by atoms with van der Waals surface area (Å²) in [6, 6.07) is 8.37. The number of carbonyl (C=O) groups excluding carboxylic acids is 2. The van der Waals surface area contributed by atoms with E-state index in [0.29, 0.717) is 11.4 Å². The maximum Gasteiger partial charge on any atom is 0.262 e. The molecular formula is C16H15FN2O3. The molecule has 2 aromatic rings. The molecule has 1 aromatic carbocycles. The smallest absolute Gasteiger partial charge is 0.262 e. The first-order chi connectivity index (χ1) is 10.4. The highest BCUT2D eigenvalue weighted by Gasteiger charge is 2.13. The highest BCUT2D eigenvalue weighted by atomic mass is 19.1. The van der Waals surface area contributed by atoms with E-state index in [-0.39, 0.29) is 17.9 Å². The number of nitrogens with zero attached hydrogens (tertiary/aromatic N) is 1. The summed E-state index contributed by atoms with van der Waals surface area (Å²) in [5.74, 6) is -1.19. The Bertz CT molecular complexity index is 779. The van der Waals surface area contributed by atoms with Crippen LogP contribution >= 0.6 is 0 Å². The van der Waals surface area contributed by atoms with E-state index in [0.717, 1.165) is 0 Å². The van der Waals surface area contributed by atoms with Crippen LogP contribution in [-0.4, -0.2) is 16.3 Å². The summed E-state index contributed by atoms with van der Waals surface area (Å²) in [6.07, 6.45) is 0. The predicted octanol–water partition coefficient (Wildman–Crippen LogP) is 2.14. The van der Waals surface area contributed by atoms with Crippen molar-refractivity contribution < 1.29 is 14.0 Å². The first kappa shape index (κ1) is 15.6. The van der Waals surface area contributed by atoms with Gasteiger partial charge in [-0.2, -0.15) is 0 Å². The number of pyridine rings is 1. The van der Waals surface area contributed by atoms with Crippen LogP contribution in [0.25, 0.3) is 0 Å². The van der Waals surface area contributed by atoms with Gasteiger partial charge in [0.2, 0.25) is 5.91 Å². The number of nitrogens with one attached hydrogen (secondary N) is 1. The Kier molecular flexibility index (Phi) is 4.50. The molecule has 1 heterocycles. The largest absolute Gasteiger partial charge is 0.325 e. The zero-order chi connectivity index (χ0) is 16.3. The van der Waals surface area contributed by atoms with Crippen molar-refractivity contribution in [1.82, 2.24) is 4.57 Å². The van der Waals surface area contributed by atoms with E-state index in [2.05, 4.69) is 5.32 Å². The lowest BCUT2D eigenvalue weighted by Crippen LogP contribution is -2.32. The number of Topliss-reactive ketones (excluding diaryl/α,β-unsaturated/α-hetero) is 1. The zero-order valence-corrected chi connectivity index (χ0v) is 12.2. The number of ketones is 1. The van der Waals surface area contributed by atoms with E-state index < -0.39 is 17.3 Å². The summed E-state index contributed by atoms with van der Waals surface area (Å²) < 4.78 is 14.0. The monoisotopic (exact) mass is 302 g/mol. The molecule has 0 aliphatic heterocycles. The van der Waals surface area contributed by atoms with Crippen LogP contribution in [0.2, 0.25) is 0 Å². The lowest BCUT2D eigenvalue weighted by Gasteiger charge is -2.11. The minimum Gasteiger partial charge on any atom is -0.325 e. The molecule has 1 N–H and O–H groups in total. The summed E-state index contributed by atoms with van der Waals surface area (Å²) in [4.78, 5) is 35.6. The number of anilines is 1. The quantitative estimate of drug-likeness (QED) is 0.880. The Hall–Kier alpha value is -2.76. The molecule has 0 radical (unpaired) electrons. The average molecular weight is 302 g/mol. The first-order valence-corrected chi connectivity index (χ1v) is 6.65. The molecule has 0 spiro atoms. The zero-order valence-electron chi connectivity index (χ0n) is 12.2. The van der Waals surface area contributed by atoms with E-state index in [1.165, 1.54) is 41.8 Å². The summed E-state index contributed by atoms with van der Waals surface area (Å²) in [7, 11) is 0. The van der Waals surface area contributed by atoms with Crippen LogP contribution in [0.3, 0.4) is 0 Å². The fourth-order valence-electron chi connectivity index (χ4n) is 2.01. The molecule has 5 nitrogen and oxygen atoms in total. The lowest BCUT2D eigenvalue weighted by atomic mass is 10.2. The first-order valence-electron chi connectivity index (χ1n) is 6.65. The maximum absolute atomic E-state index is 12.8. The van der Waals surface area contributed by atoms with Crippen molar-refractivity contribution in [2.24, 2.45) is 0 Å². The summed E-state index contributed by atoms with van der Waals surface area (Å²) in [5, 5.41) is 2.57. The van der Waals surface area contributed by atoms with Gasteiger partial charge in [0.05, 0.1) is 5.56 Å². The van der Waals surface area contributed by atoms with Gasteiger partial charge in [-0.25, -0.2) is 4.39 Å². The molecule has 0 saturated heterocycles. The number of rotatable bonds is 4. The van der Waals surface area contributed by atoms with Gasteiger partial charge in [0.1, 0.15) is 12.4 Å². The second-order valence-corrected chi connectivity index (χ2v) is 4.89. The minimum absolute atomic E-state index is 0.0418. The lowest BCUT2D eigenvalue weighted by molar-refractivity contribution is -0.116. The van der Waals surface area contributed by atoms with E-state index in [9.17, 15) is 18.8 Å². The highest BCUT2D eigenvalue weighted by Crippen LogP contribution is 2.08. The maximum atomic E-state index is 12.8. The second-order valence-electron chi connectivity index (χ2n) is 4.89. The fourth-order valence-corrected chi connectivity index (χ4v) is 2.01. The molecule has 1 aromatic heterocycles. The number of benzene rings is 1. The molecule has 6 heteroatoms. The Labute approximate surface area is 126 Å². The van der Waals surface area contributed by atoms with Crippen molar-refractivity contribution in [1.29, 1.82) is 0 Å². The summed E-state index contributed by atoms with van der Waals surface area (Å²) in [6.45, 7) is 2.76. The molecule has 1 amide bonds. The highest BCUT2D eigenvalue weighted by molar-refractivity contribution is 5.94. The van der Waals surface area contributed by atoms with E-state index in [4.69, 9.17) is 0 Å². The number of halogens is 1. The number of carbonyl (C=O) groups is 2. The van der Waals surface area contributed by atoms with Gasteiger partial charge < -0.3 is 9.88 Å². The third kappa shape index (κ3) is 3.46. The Morgan fingerprint density at radius 2 is 1.77 bits per heavy atom. The van der Waals surface area contributed by atoms with Gasteiger partial charge >= 0.3 is 0 Å². The van der Waals surface area contributed by atoms with Gasteiger partial charge in [-0.05, 0) is 50.2 Å². The van der Waals surface area contributed by atoms with Gasteiger partial charge in [-0.15, -0.1) is 0 Å². The third-order valence-electron chi connectivity index (χ3n) is 3.20. The number of hydrogen-bond acceptors (Lipinski definition) is 3. The van der Waals surface area contributed by atoms with E-state index >= 15 is 0 Å². The molecule has 114 valence electrons. The van der Waals surface area contributed by atoms with Crippen molar-refractivity contribution >= 4 is 17.4 Å². The molecule has 0 aliphatic rings. The Morgan fingerprint density at radius 3 is 2.36 bits per heavy atom. The SMILES string of the molecule is CC(=O)c1ccc(C)n(CC(=O)Nc2ccc(F)cc2)c1=O. The Morgan fingerprint density at radius 1 is 1.14 bits per heavy atom. The molecule has 0 aliphatic carbocycles. The standard InChI is InChI=1S/C16H15FN2O3/c1-10-3-8-14(11(2)20)16(22)19(10)9-15(21)18-13-6-4-12(17)5-7-13/h3-8H,9H2,1-2H3,(H,18,21). The van der Waals surface area contributed by atoms with Gasteiger partial charge in [-0.1, -0.05) is 0 Å². The van der Waals surface area contributed by atoms with Gasteiger partial charge in [0.25, 0.3) is 5.56 Å². The van der Waals surface area contributed by atoms with E-state index in [1.54, 1.807) is 13.0 Å². The topological polar surface area (TPSA) is 68.2 Å². The van der Waals surface area contributed by atoms with Crippen molar-refractivity contribution in [3.05, 3.63) is 63.8 Å². The van der Waals surface area contributed by atoms with Gasteiger partial charge in [0, 0.05) is 11.4 Å². The van der Waals surface area contributed by atoms with Crippen LogP contribution in [0.1, 0.15) is 23.0 Å². The van der Waals surface area contributed by atoms with Crippen LogP contribution < -0.4 is 10.9 Å². The summed E-state index contributed by atoms with van der Waals surface area (Å²) >= 11 is 0. The molecule has 0 bridgehead atoms. The number of aryl methyl sites for hydroxylation is 1. The summed E-state index contributed by atoms with van der Waals surface area (Å²) in [5.41, 5.74) is 0.547. The van der Waals surface area contributed by atoms with Gasteiger partial charge in [-0.3, -0.25) is 14.4 Å². The second kappa shape index (κ2) is 6.34. The molecule has 2 rings (SSSR count). The van der Waals surface area contributed by atoms with Crippen molar-refractivity contribution in [3.8, 4) is 0 Å². The molecule has 0 saturated carbocycles. The normalized spacial score (nSPS) is 10.3. The molecule has 0 atom stereocenters. The van der Waals surface area contributed by atoms with Crippen LogP contribution in [-0.2, 0) is 11.3 Å². The van der Waals surface area contributed by atoms with Crippen molar-refractivity contribution in [2.75, 3.05) is 5.32 Å². The molecule has 0 unspecified atom stereocenters. The number of aromatic nitrogens is 1. The average Bonchev–Trinajstić information content (AvgIpc) is 2.45. The van der Waals surface area contributed by atoms with E-state index in [1.807, 2.05) is 0 Å². The predicted molar refractivity (Wildman–Crippen MR) is 80.5 cm³/mol. The van der Waals surface area contributed by atoms with Crippen LogP contribution in [0, 0.1) is 12.7 Å². The number of hydrogen-bond donors (Lipinski definition) is 1. The Balaban J connectivity index is 2.21. The minimum atomic E-state index is -0.498. The van der Waals surface area contributed by atoms with Crippen LogP contribution in [0.5, 0.6) is 0 Å². The molecule has 22 heavy (non-hydrogen) atoms. The molecule has 0 fully saturated rings. The molecular weight excluding hydrogens is 287 g/mol. The van der Waals surface area contributed by atoms with Crippen LogP contribution in [0.15, 0.2) is 41.2 Å². The number of amides is 1.